The van der Waals surface area contributed by atoms with Gasteiger partial charge in [0.2, 0.25) is 0 Å². The van der Waals surface area contributed by atoms with Crippen LogP contribution in [0.4, 0.5) is 0 Å². The van der Waals surface area contributed by atoms with Crippen LogP contribution in [0.5, 0.6) is 0 Å². The number of allylic oxidation sites excluding steroid dienone is 3. The molecule has 1 heterocycles. The van der Waals surface area contributed by atoms with Crippen molar-refractivity contribution in [3.05, 3.63) is 23.7 Å². The van der Waals surface area contributed by atoms with E-state index in [4.69, 9.17) is 0 Å². The van der Waals surface area contributed by atoms with Gasteiger partial charge >= 0.3 is 0 Å². The SMILES string of the molecule is C=C1NC2=C(CCCC2)N=C1C. The molecule has 1 aliphatic heterocycles. The van der Waals surface area contributed by atoms with Crippen molar-refractivity contribution < 1.29 is 0 Å². The van der Waals surface area contributed by atoms with E-state index < -0.39 is 0 Å². The van der Waals surface area contributed by atoms with Crippen LogP contribution in [0.2, 0.25) is 0 Å². The molecule has 0 unspecified atom stereocenters. The highest BCUT2D eigenvalue weighted by atomic mass is 15.0. The molecule has 0 spiro atoms. The Kier molecular flexibility index (Phi) is 1.75. The first kappa shape index (κ1) is 7.59. The van der Waals surface area contributed by atoms with Crippen LogP contribution in [0.3, 0.4) is 0 Å². The predicted molar refractivity (Wildman–Crippen MR) is 50.9 cm³/mol. The van der Waals surface area contributed by atoms with Crippen LogP contribution in [-0.4, -0.2) is 5.71 Å². The standard InChI is InChI=1S/C10H14N2/c1-7-8(2)12-10-6-4-3-5-9(10)11-7/h11H,1,3-6H2,2H3. The lowest BCUT2D eigenvalue weighted by Crippen LogP contribution is -2.24. The van der Waals surface area contributed by atoms with E-state index >= 15 is 0 Å². The van der Waals surface area contributed by atoms with E-state index in [-0.39, 0.29) is 0 Å². The third-order valence-electron chi connectivity index (χ3n) is 2.48. The summed E-state index contributed by atoms with van der Waals surface area (Å²) in [5.41, 5.74) is 4.56. The molecule has 0 amide bonds. The molecular weight excluding hydrogens is 148 g/mol. The summed E-state index contributed by atoms with van der Waals surface area (Å²) < 4.78 is 0. The molecule has 0 radical (unpaired) electrons. The summed E-state index contributed by atoms with van der Waals surface area (Å²) in [7, 11) is 0. The molecule has 1 aliphatic carbocycles. The van der Waals surface area contributed by atoms with Crippen LogP contribution in [0, 0.1) is 0 Å². The molecule has 0 aromatic carbocycles. The second-order valence-corrected chi connectivity index (χ2v) is 3.43. The van der Waals surface area contributed by atoms with Crippen molar-refractivity contribution in [3.63, 3.8) is 0 Å². The highest BCUT2D eigenvalue weighted by Crippen LogP contribution is 2.27. The topological polar surface area (TPSA) is 24.4 Å². The Morgan fingerprint density at radius 3 is 2.92 bits per heavy atom. The maximum absolute atomic E-state index is 4.52. The minimum atomic E-state index is 0.968. The minimum Gasteiger partial charge on any atom is -0.356 e. The Labute approximate surface area is 73.1 Å². The third kappa shape index (κ3) is 1.17. The van der Waals surface area contributed by atoms with Gasteiger partial charge in [-0.2, -0.15) is 0 Å². The minimum absolute atomic E-state index is 0.968. The summed E-state index contributed by atoms with van der Waals surface area (Å²) in [6.45, 7) is 5.92. The van der Waals surface area contributed by atoms with Crippen LogP contribution in [0.1, 0.15) is 32.6 Å². The summed E-state index contributed by atoms with van der Waals surface area (Å²) in [4.78, 5) is 4.52. The fraction of sp³-hybridized carbons (Fsp3) is 0.500. The molecule has 12 heavy (non-hydrogen) atoms. The molecule has 1 N–H and O–H groups in total. The molecule has 0 saturated heterocycles. The average Bonchev–Trinajstić information content (AvgIpc) is 2.07. The smallest absolute Gasteiger partial charge is 0.0605 e. The van der Waals surface area contributed by atoms with Crippen LogP contribution in [-0.2, 0) is 0 Å². The van der Waals surface area contributed by atoms with Crippen molar-refractivity contribution in [3.8, 4) is 0 Å². The van der Waals surface area contributed by atoms with Crippen molar-refractivity contribution in [1.29, 1.82) is 0 Å². The second kappa shape index (κ2) is 2.77. The number of nitrogens with one attached hydrogen (secondary N) is 1. The van der Waals surface area contributed by atoms with E-state index in [1.807, 2.05) is 6.92 Å². The van der Waals surface area contributed by atoms with Gasteiger partial charge in [-0.3, -0.25) is 4.99 Å². The first-order valence-corrected chi connectivity index (χ1v) is 4.51. The molecule has 0 fully saturated rings. The van der Waals surface area contributed by atoms with Crippen LogP contribution < -0.4 is 5.32 Å². The van der Waals surface area contributed by atoms with E-state index in [0.717, 1.165) is 24.3 Å². The zero-order valence-electron chi connectivity index (χ0n) is 7.48. The fourth-order valence-electron chi connectivity index (χ4n) is 1.69. The van der Waals surface area contributed by atoms with Gasteiger partial charge in [0.25, 0.3) is 0 Å². The second-order valence-electron chi connectivity index (χ2n) is 3.43. The summed E-state index contributed by atoms with van der Waals surface area (Å²) in [5.74, 6) is 0. The highest BCUT2D eigenvalue weighted by Gasteiger charge is 2.17. The third-order valence-corrected chi connectivity index (χ3v) is 2.48. The van der Waals surface area contributed by atoms with Gasteiger partial charge in [0.1, 0.15) is 0 Å². The molecular formula is C10H14N2. The van der Waals surface area contributed by atoms with Gasteiger partial charge < -0.3 is 5.32 Å². The molecule has 0 aromatic heterocycles. The lowest BCUT2D eigenvalue weighted by atomic mass is 9.99. The lowest BCUT2D eigenvalue weighted by molar-refractivity contribution is 0.632. The molecule has 2 rings (SSSR count). The number of hydrogen-bond acceptors (Lipinski definition) is 2. The van der Waals surface area contributed by atoms with Crippen molar-refractivity contribution in [1.82, 2.24) is 5.32 Å². The van der Waals surface area contributed by atoms with Crippen molar-refractivity contribution >= 4 is 5.71 Å². The zero-order valence-corrected chi connectivity index (χ0v) is 7.48. The Hall–Kier alpha value is -1.05. The van der Waals surface area contributed by atoms with Crippen molar-refractivity contribution in [2.24, 2.45) is 4.99 Å². The number of aliphatic imine (C=N–C) groups is 1. The van der Waals surface area contributed by atoms with Gasteiger partial charge in [-0.05, 0) is 32.6 Å². The Balaban J connectivity index is 2.32. The van der Waals surface area contributed by atoms with E-state index in [2.05, 4.69) is 16.9 Å². The van der Waals surface area contributed by atoms with E-state index in [9.17, 15) is 0 Å². The average molecular weight is 162 g/mol. The molecule has 64 valence electrons. The molecule has 0 bridgehead atoms. The number of rotatable bonds is 0. The maximum Gasteiger partial charge on any atom is 0.0605 e. The fourth-order valence-corrected chi connectivity index (χ4v) is 1.69. The Morgan fingerprint density at radius 2 is 2.08 bits per heavy atom. The van der Waals surface area contributed by atoms with Gasteiger partial charge in [-0.1, -0.05) is 6.58 Å². The Bertz CT molecular complexity index is 284. The predicted octanol–water partition coefficient (Wildman–Crippen LogP) is 2.35. The van der Waals surface area contributed by atoms with Crippen molar-refractivity contribution in [2.75, 3.05) is 0 Å². The molecule has 2 aliphatic rings. The van der Waals surface area contributed by atoms with Gasteiger partial charge in [-0.25, -0.2) is 0 Å². The normalized spacial score (nSPS) is 23.1. The molecule has 0 atom stereocenters. The summed E-state index contributed by atoms with van der Waals surface area (Å²) in [6, 6.07) is 0. The van der Waals surface area contributed by atoms with Gasteiger partial charge in [0, 0.05) is 5.70 Å². The monoisotopic (exact) mass is 162 g/mol. The van der Waals surface area contributed by atoms with E-state index in [0.29, 0.717) is 0 Å². The zero-order chi connectivity index (χ0) is 8.55. The quantitative estimate of drug-likeness (QED) is 0.581. The largest absolute Gasteiger partial charge is 0.356 e. The van der Waals surface area contributed by atoms with Gasteiger partial charge in [0.15, 0.2) is 0 Å². The maximum atomic E-state index is 4.52. The first-order chi connectivity index (χ1) is 5.77. The molecule has 0 aromatic rings. The van der Waals surface area contributed by atoms with Crippen LogP contribution in [0.25, 0.3) is 0 Å². The lowest BCUT2D eigenvalue weighted by Gasteiger charge is -2.24. The number of nitrogens with zero attached hydrogens (tertiary/aromatic N) is 1. The van der Waals surface area contributed by atoms with Crippen LogP contribution in [0.15, 0.2) is 28.7 Å². The van der Waals surface area contributed by atoms with E-state index in [1.165, 1.54) is 24.2 Å². The van der Waals surface area contributed by atoms with Crippen molar-refractivity contribution in [2.45, 2.75) is 32.6 Å². The summed E-state index contributed by atoms with van der Waals surface area (Å²) >= 11 is 0. The molecule has 0 saturated carbocycles. The summed E-state index contributed by atoms with van der Waals surface area (Å²) in [6.07, 6.45) is 4.84. The first-order valence-electron chi connectivity index (χ1n) is 4.51. The molecule has 2 heteroatoms. The van der Waals surface area contributed by atoms with Gasteiger partial charge in [0.05, 0.1) is 17.1 Å². The summed E-state index contributed by atoms with van der Waals surface area (Å²) in [5, 5.41) is 3.32. The van der Waals surface area contributed by atoms with E-state index in [1.54, 1.807) is 0 Å². The Morgan fingerprint density at radius 1 is 1.33 bits per heavy atom. The van der Waals surface area contributed by atoms with Gasteiger partial charge in [-0.15, -0.1) is 0 Å². The molecule has 2 nitrogen and oxygen atoms in total. The number of hydrogen-bond donors (Lipinski definition) is 1. The van der Waals surface area contributed by atoms with Crippen LogP contribution >= 0.6 is 0 Å². The highest BCUT2D eigenvalue weighted by molar-refractivity contribution is 5.98.